The average Bonchev–Trinajstić information content (AvgIpc) is 2.43. The number of hydrogen-bond acceptors (Lipinski definition) is 4. The summed E-state index contributed by atoms with van der Waals surface area (Å²) in [6.07, 6.45) is 4.47. The number of hydrogen-bond donors (Lipinski definition) is 2. The summed E-state index contributed by atoms with van der Waals surface area (Å²) in [6.45, 7) is 2.39. The first-order valence-corrected chi connectivity index (χ1v) is 7.30. The van der Waals surface area contributed by atoms with Crippen molar-refractivity contribution in [2.24, 2.45) is 16.9 Å². The van der Waals surface area contributed by atoms with Gasteiger partial charge in [0.25, 0.3) is 0 Å². The van der Waals surface area contributed by atoms with Gasteiger partial charge in [-0.1, -0.05) is 0 Å². The van der Waals surface area contributed by atoms with Crippen molar-refractivity contribution in [2.75, 3.05) is 26.4 Å². The number of ether oxygens (including phenoxy) is 2. The van der Waals surface area contributed by atoms with Crippen LogP contribution in [0.25, 0.3) is 0 Å². The maximum atomic E-state index is 11.9. The molecule has 0 saturated carbocycles. The van der Waals surface area contributed by atoms with Crippen LogP contribution in [0.5, 0.6) is 0 Å². The van der Waals surface area contributed by atoms with Crippen LogP contribution in [0.1, 0.15) is 44.9 Å². The minimum Gasteiger partial charge on any atom is -0.379 e. The summed E-state index contributed by atoms with van der Waals surface area (Å²) in [5, 5.41) is 0. The first-order valence-electron chi connectivity index (χ1n) is 7.30. The Morgan fingerprint density at radius 2 is 1.50 bits per heavy atom. The van der Waals surface area contributed by atoms with Gasteiger partial charge >= 0.3 is 0 Å². The quantitative estimate of drug-likeness (QED) is 0.777. The minimum absolute atomic E-state index is 0.291. The maximum absolute atomic E-state index is 11.9. The lowest BCUT2D eigenvalue weighted by Gasteiger charge is -2.30. The van der Waals surface area contributed by atoms with Crippen LogP contribution in [0.15, 0.2) is 0 Å². The standard InChI is InChI=1S/C14H26N2O4/c15-12(17)4-1-5-14(13(16)18)6-2-8-19-10-11-20-9-3-7-14/h1-11H2,(H2,15,17)(H2,16,18). The Morgan fingerprint density at radius 1 is 0.950 bits per heavy atom. The molecule has 1 heterocycles. The van der Waals surface area contributed by atoms with E-state index in [4.69, 9.17) is 20.9 Å². The lowest BCUT2D eigenvalue weighted by Crippen LogP contribution is -2.38. The van der Waals surface area contributed by atoms with E-state index in [1.807, 2.05) is 0 Å². The third-order valence-corrected chi connectivity index (χ3v) is 3.86. The van der Waals surface area contributed by atoms with Crippen molar-refractivity contribution in [2.45, 2.75) is 44.9 Å². The number of carbonyl (C=O) groups excluding carboxylic acids is 2. The van der Waals surface area contributed by atoms with Crippen molar-refractivity contribution >= 4 is 11.8 Å². The molecule has 1 aliphatic rings. The van der Waals surface area contributed by atoms with Gasteiger partial charge in [0.1, 0.15) is 0 Å². The van der Waals surface area contributed by atoms with Crippen LogP contribution in [-0.4, -0.2) is 38.2 Å². The molecule has 0 radical (unpaired) electrons. The van der Waals surface area contributed by atoms with Gasteiger partial charge in [0, 0.05) is 25.0 Å². The lowest BCUT2D eigenvalue weighted by molar-refractivity contribution is -0.130. The van der Waals surface area contributed by atoms with Crippen molar-refractivity contribution < 1.29 is 19.1 Å². The van der Waals surface area contributed by atoms with Crippen LogP contribution in [-0.2, 0) is 19.1 Å². The van der Waals surface area contributed by atoms with Gasteiger partial charge in [-0.05, 0) is 38.5 Å². The number of nitrogens with two attached hydrogens (primary N) is 2. The van der Waals surface area contributed by atoms with Gasteiger partial charge in [-0.25, -0.2) is 0 Å². The first-order chi connectivity index (χ1) is 9.57. The Bertz CT molecular complexity index is 308. The molecule has 0 aromatic carbocycles. The minimum atomic E-state index is -0.563. The molecule has 1 saturated heterocycles. The van der Waals surface area contributed by atoms with E-state index in [1.165, 1.54) is 0 Å². The van der Waals surface area contributed by atoms with Gasteiger partial charge in [-0.3, -0.25) is 9.59 Å². The zero-order valence-electron chi connectivity index (χ0n) is 12.1. The molecule has 4 N–H and O–H groups in total. The zero-order chi connectivity index (χ0) is 14.8. The molecule has 0 unspecified atom stereocenters. The molecule has 1 fully saturated rings. The summed E-state index contributed by atoms with van der Waals surface area (Å²) >= 11 is 0. The number of rotatable bonds is 5. The Labute approximate surface area is 120 Å². The fourth-order valence-corrected chi connectivity index (χ4v) is 2.69. The number of amides is 2. The predicted molar refractivity (Wildman–Crippen MR) is 74.8 cm³/mol. The highest BCUT2D eigenvalue weighted by Crippen LogP contribution is 2.35. The molecule has 2 amide bonds. The molecular weight excluding hydrogens is 260 g/mol. The lowest BCUT2D eigenvalue weighted by atomic mass is 9.74. The molecule has 0 spiro atoms. The Hall–Kier alpha value is -1.14. The molecule has 116 valence electrons. The van der Waals surface area contributed by atoms with E-state index < -0.39 is 5.41 Å². The van der Waals surface area contributed by atoms with E-state index in [-0.39, 0.29) is 11.8 Å². The van der Waals surface area contributed by atoms with Gasteiger partial charge < -0.3 is 20.9 Å². The highest BCUT2D eigenvalue weighted by Gasteiger charge is 2.35. The van der Waals surface area contributed by atoms with E-state index >= 15 is 0 Å². The second-order valence-corrected chi connectivity index (χ2v) is 5.40. The zero-order valence-corrected chi connectivity index (χ0v) is 12.1. The van der Waals surface area contributed by atoms with E-state index in [0.29, 0.717) is 58.5 Å². The van der Waals surface area contributed by atoms with Gasteiger partial charge in [-0.15, -0.1) is 0 Å². The van der Waals surface area contributed by atoms with Gasteiger partial charge in [-0.2, -0.15) is 0 Å². The largest absolute Gasteiger partial charge is 0.379 e. The second-order valence-electron chi connectivity index (χ2n) is 5.40. The smallest absolute Gasteiger partial charge is 0.223 e. The molecule has 6 heteroatoms. The third-order valence-electron chi connectivity index (χ3n) is 3.86. The molecule has 0 atom stereocenters. The molecule has 1 rings (SSSR count). The fraction of sp³-hybridized carbons (Fsp3) is 0.857. The van der Waals surface area contributed by atoms with Crippen LogP contribution >= 0.6 is 0 Å². The first kappa shape index (κ1) is 16.9. The van der Waals surface area contributed by atoms with Crippen LogP contribution in [0, 0.1) is 5.41 Å². The van der Waals surface area contributed by atoms with Gasteiger partial charge in [0.05, 0.1) is 13.2 Å². The van der Waals surface area contributed by atoms with Gasteiger partial charge in [0.2, 0.25) is 11.8 Å². The maximum Gasteiger partial charge on any atom is 0.223 e. The molecule has 20 heavy (non-hydrogen) atoms. The molecule has 0 aliphatic carbocycles. The van der Waals surface area contributed by atoms with Gasteiger partial charge in [0.15, 0.2) is 0 Å². The van der Waals surface area contributed by atoms with Crippen molar-refractivity contribution in [1.82, 2.24) is 0 Å². The predicted octanol–water partition coefficient (Wildman–Crippen LogP) is 0.721. The van der Waals surface area contributed by atoms with Crippen LogP contribution in [0.3, 0.4) is 0 Å². The summed E-state index contributed by atoms with van der Waals surface area (Å²) in [6, 6.07) is 0. The Balaban J connectivity index is 2.64. The molecule has 0 bridgehead atoms. The summed E-state index contributed by atoms with van der Waals surface area (Å²) in [5.74, 6) is -0.630. The second kappa shape index (κ2) is 8.92. The van der Waals surface area contributed by atoms with Crippen LogP contribution in [0.2, 0.25) is 0 Å². The highest BCUT2D eigenvalue weighted by atomic mass is 16.5. The van der Waals surface area contributed by atoms with E-state index in [1.54, 1.807) is 0 Å². The molecule has 0 aromatic heterocycles. The molecule has 1 aliphatic heterocycles. The fourth-order valence-electron chi connectivity index (χ4n) is 2.69. The topological polar surface area (TPSA) is 105 Å². The number of primary amides is 2. The van der Waals surface area contributed by atoms with Crippen molar-refractivity contribution in [3.63, 3.8) is 0 Å². The molecule has 0 aromatic rings. The van der Waals surface area contributed by atoms with E-state index in [0.717, 1.165) is 12.8 Å². The summed E-state index contributed by atoms with van der Waals surface area (Å²) in [4.78, 5) is 22.8. The highest BCUT2D eigenvalue weighted by molar-refractivity contribution is 5.81. The van der Waals surface area contributed by atoms with Crippen molar-refractivity contribution in [3.8, 4) is 0 Å². The summed E-state index contributed by atoms with van der Waals surface area (Å²) < 4.78 is 10.9. The van der Waals surface area contributed by atoms with Crippen LogP contribution in [0.4, 0.5) is 0 Å². The van der Waals surface area contributed by atoms with Crippen LogP contribution < -0.4 is 11.5 Å². The molecular formula is C14H26N2O4. The van der Waals surface area contributed by atoms with Crippen molar-refractivity contribution in [1.29, 1.82) is 0 Å². The summed E-state index contributed by atoms with van der Waals surface area (Å²) in [7, 11) is 0. The SMILES string of the molecule is NC(=O)CCCC1(C(N)=O)CCCOCCOCCC1. The van der Waals surface area contributed by atoms with E-state index in [9.17, 15) is 9.59 Å². The molecule has 6 nitrogen and oxygen atoms in total. The van der Waals surface area contributed by atoms with Crippen molar-refractivity contribution in [3.05, 3.63) is 0 Å². The average molecular weight is 286 g/mol. The Morgan fingerprint density at radius 3 is 1.95 bits per heavy atom. The summed E-state index contributed by atoms with van der Waals surface area (Å²) in [5.41, 5.74) is 10.2. The normalized spacial score (nSPS) is 20.8. The third kappa shape index (κ3) is 5.88. The van der Waals surface area contributed by atoms with E-state index in [2.05, 4.69) is 0 Å². The number of carbonyl (C=O) groups is 2. The Kier molecular flexibility index (Phi) is 7.54. The monoisotopic (exact) mass is 286 g/mol.